The minimum Gasteiger partial charge on any atom is -0.365 e. The van der Waals surface area contributed by atoms with Crippen LogP contribution in [0.25, 0.3) is 0 Å². The number of ketones is 1. The monoisotopic (exact) mass is 425 g/mol. The molecule has 0 fully saturated rings. The molecule has 7 nitrogen and oxygen atoms in total. The molecule has 0 atom stereocenters. The number of primary amides is 1. The maximum absolute atomic E-state index is 12.6. The Balaban J connectivity index is 1.70. The second kappa shape index (κ2) is 9.04. The summed E-state index contributed by atoms with van der Waals surface area (Å²) < 4.78 is 0. The maximum atomic E-state index is 12.6. The number of hydrogen-bond donors (Lipinski definition) is 3. The summed E-state index contributed by atoms with van der Waals surface area (Å²) >= 11 is 1.37. The van der Waals surface area contributed by atoms with Gasteiger partial charge in [-0.15, -0.1) is 11.3 Å². The maximum Gasteiger partial charge on any atom is 0.252 e. The van der Waals surface area contributed by atoms with Gasteiger partial charge < -0.3 is 16.4 Å². The molecule has 0 aliphatic heterocycles. The minimum atomic E-state index is -0.557. The number of Topliss-reactive ketones (excluding diaryl/α,β-unsaturated/α-hetero) is 1. The topological polar surface area (TPSA) is 118 Å². The summed E-state index contributed by atoms with van der Waals surface area (Å²) in [5.41, 5.74) is 8.11. The molecule has 0 saturated heterocycles. The second-order valence-corrected chi connectivity index (χ2v) is 8.29. The number of carbonyl (C=O) groups excluding carboxylic acids is 4. The van der Waals surface area contributed by atoms with Crippen LogP contribution in [0, 0.1) is 0 Å². The SMILES string of the molecule is CC(=O)c1ccc(NC(=O)/C=C(\C)C(=O)Nc2sc3c(c2C(N)=O)CCCC3)cc1. The Kier molecular flexibility index (Phi) is 6.47. The number of rotatable bonds is 6. The molecule has 0 radical (unpaired) electrons. The van der Waals surface area contributed by atoms with Gasteiger partial charge in [-0.2, -0.15) is 0 Å². The normalized spacial score (nSPS) is 13.3. The molecule has 1 aliphatic rings. The van der Waals surface area contributed by atoms with Crippen LogP contribution in [-0.2, 0) is 22.4 Å². The van der Waals surface area contributed by atoms with Crippen molar-refractivity contribution < 1.29 is 19.2 Å². The van der Waals surface area contributed by atoms with Crippen LogP contribution < -0.4 is 16.4 Å². The van der Waals surface area contributed by atoms with Crippen molar-refractivity contribution in [2.24, 2.45) is 5.73 Å². The molecular weight excluding hydrogens is 402 g/mol. The van der Waals surface area contributed by atoms with E-state index in [4.69, 9.17) is 5.73 Å². The van der Waals surface area contributed by atoms with Gasteiger partial charge in [0.05, 0.1) is 5.56 Å². The van der Waals surface area contributed by atoms with Gasteiger partial charge >= 0.3 is 0 Å². The molecule has 2 aromatic rings. The highest BCUT2D eigenvalue weighted by Gasteiger charge is 2.25. The Hall–Kier alpha value is -3.26. The highest BCUT2D eigenvalue weighted by molar-refractivity contribution is 7.17. The Morgan fingerprint density at radius 2 is 1.67 bits per heavy atom. The van der Waals surface area contributed by atoms with Crippen molar-refractivity contribution in [3.05, 3.63) is 57.5 Å². The molecule has 1 aromatic heterocycles. The van der Waals surface area contributed by atoms with Crippen LogP contribution in [-0.4, -0.2) is 23.5 Å². The van der Waals surface area contributed by atoms with E-state index in [2.05, 4.69) is 10.6 Å². The van der Waals surface area contributed by atoms with Gasteiger partial charge in [-0.1, -0.05) is 0 Å². The zero-order valence-corrected chi connectivity index (χ0v) is 17.7. The predicted octanol–water partition coefficient (Wildman–Crippen LogP) is 3.45. The zero-order valence-electron chi connectivity index (χ0n) is 16.8. The summed E-state index contributed by atoms with van der Waals surface area (Å²) in [6, 6.07) is 6.47. The largest absolute Gasteiger partial charge is 0.365 e. The number of anilines is 2. The van der Waals surface area contributed by atoms with E-state index >= 15 is 0 Å². The smallest absolute Gasteiger partial charge is 0.252 e. The van der Waals surface area contributed by atoms with E-state index in [0.717, 1.165) is 36.1 Å². The second-order valence-electron chi connectivity index (χ2n) is 7.18. The van der Waals surface area contributed by atoms with Gasteiger partial charge in [0.1, 0.15) is 5.00 Å². The van der Waals surface area contributed by atoms with E-state index in [0.29, 0.717) is 21.8 Å². The van der Waals surface area contributed by atoms with Crippen molar-refractivity contribution >= 4 is 45.5 Å². The molecular formula is C22H23N3O4S. The van der Waals surface area contributed by atoms with Crippen molar-refractivity contribution in [2.45, 2.75) is 39.5 Å². The van der Waals surface area contributed by atoms with Gasteiger partial charge in [0, 0.05) is 27.8 Å². The van der Waals surface area contributed by atoms with Crippen LogP contribution in [0.3, 0.4) is 0 Å². The number of nitrogens with one attached hydrogen (secondary N) is 2. The first-order chi connectivity index (χ1) is 14.3. The standard InChI is InChI=1S/C22H23N3O4S/c1-12(11-18(27)24-15-9-7-14(8-10-15)13(2)26)21(29)25-22-19(20(23)28)16-5-3-4-6-17(16)30-22/h7-11H,3-6H2,1-2H3,(H2,23,28)(H,24,27)(H,25,29)/b12-11+. The average molecular weight is 426 g/mol. The Morgan fingerprint density at radius 1 is 1.00 bits per heavy atom. The molecule has 3 amide bonds. The van der Waals surface area contributed by atoms with Crippen LogP contribution in [0.2, 0.25) is 0 Å². The number of nitrogens with two attached hydrogens (primary N) is 1. The van der Waals surface area contributed by atoms with Crippen molar-refractivity contribution in [3.8, 4) is 0 Å². The molecule has 1 aliphatic carbocycles. The highest BCUT2D eigenvalue weighted by atomic mass is 32.1. The van der Waals surface area contributed by atoms with E-state index in [1.54, 1.807) is 24.3 Å². The van der Waals surface area contributed by atoms with Gasteiger partial charge in [-0.3, -0.25) is 19.2 Å². The first kappa shape index (κ1) is 21.4. The molecule has 0 bridgehead atoms. The molecule has 0 saturated carbocycles. The van der Waals surface area contributed by atoms with E-state index < -0.39 is 17.7 Å². The summed E-state index contributed by atoms with van der Waals surface area (Å²) in [5.74, 6) is -1.57. The van der Waals surface area contributed by atoms with Crippen molar-refractivity contribution in [1.29, 1.82) is 0 Å². The number of fused-ring (bicyclic) bond motifs is 1. The molecule has 8 heteroatoms. The molecule has 3 rings (SSSR count). The third-order valence-corrected chi connectivity index (χ3v) is 6.12. The quantitative estimate of drug-likeness (QED) is 0.485. The van der Waals surface area contributed by atoms with Crippen LogP contribution in [0.5, 0.6) is 0 Å². The number of carbonyl (C=O) groups is 4. The molecule has 1 aromatic carbocycles. The van der Waals surface area contributed by atoms with Crippen molar-refractivity contribution in [1.82, 2.24) is 0 Å². The molecule has 0 unspecified atom stereocenters. The number of benzene rings is 1. The first-order valence-electron chi connectivity index (χ1n) is 9.62. The lowest BCUT2D eigenvalue weighted by Crippen LogP contribution is -2.19. The highest BCUT2D eigenvalue weighted by Crippen LogP contribution is 2.38. The fraction of sp³-hybridized carbons (Fsp3) is 0.273. The Morgan fingerprint density at radius 3 is 2.30 bits per heavy atom. The third-order valence-electron chi connectivity index (χ3n) is 4.91. The van der Waals surface area contributed by atoms with Gasteiger partial charge in [0.25, 0.3) is 11.8 Å². The molecule has 4 N–H and O–H groups in total. The molecule has 156 valence electrons. The predicted molar refractivity (Wildman–Crippen MR) is 117 cm³/mol. The summed E-state index contributed by atoms with van der Waals surface area (Å²) in [5, 5.41) is 5.82. The summed E-state index contributed by atoms with van der Waals surface area (Å²) in [6.07, 6.45) is 4.87. The van der Waals surface area contributed by atoms with E-state index in [9.17, 15) is 19.2 Å². The fourth-order valence-electron chi connectivity index (χ4n) is 3.35. The number of hydrogen-bond acceptors (Lipinski definition) is 5. The summed E-state index contributed by atoms with van der Waals surface area (Å²) in [6.45, 7) is 2.98. The summed E-state index contributed by atoms with van der Waals surface area (Å²) in [7, 11) is 0. The van der Waals surface area contributed by atoms with Gasteiger partial charge in [-0.05, 0) is 69.4 Å². The number of amides is 3. The van der Waals surface area contributed by atoms with Crippen LogP contribution >= 0.6 is 11.3 Å². The van der Waals surface area contributed by atoms with Crippen molar-refractivity contribution in [3.63, 3.8) is 0 Å². The van der Waals surface area contributed by atoms with E-state index in [-0.39, 0.29) is 11.4 Å². The fourth-order valence-corrected chi connectivity index (χ4v) is 4.63. The molecule has 30 heavy (non-hydrogen) atoms. The summed E-state index contributed by atoms with van der Waals surface area (Å²) in [4.78, 5) is 49.1. The van der Waals surface area contributed by atoms with E-state index in [1.807, 2.05) is 0 Å². The first-order valence-corrected chi connectivity index (χ1v) is 10.4. The van der Waals surface area contributed by atoms with Crippen LogP contribution in [0.1, 0.15) is 57.8 Å². The lowest BCUT2D eigenvalue weighted by Gasteiger charge is -2.11. The lowest BCUT2D eigenvalue weighted by atomic mass is 9.95. The Labute approximate surface area is 178 Å². The van der Waals surface area contributed by atoms with Crippen molar-refractivity contribution in [2.75, 3.05) is 10.6 Å². The average Bonchev–Trinajstić information content (AvgIpc) is 3.06. The Bertz CT molecular complexity index is 1050. The molecule has 0 spiro atoms. The van der Waals surface area contributed by atoms with E-state index in [1.165, 1.54) is 31.3 Å². The van der Waals surface area contributed by atoms with Gasteiger partial charge in [0.2, 0.25) is 5.91 Å². The van der Waals surface area contributed by atoms with Gasteiger partial charge in [0.15, 0.2) is 5.78 Å². The lowest BCUT2D eigenvalue weighted by molar-refractivity contribution is -0.114. The zero-order chi connectivity index (χ0) is 21.8. The number of aryl methyl sites for hydroxylation is 1. The van der Waals surface area contributed by atoms with Crippen LogP contribution in [0.15, 0.2) is 35.9 Å². The van der Waals surface area contributed by atoms with Gasteiger partial charge in [-0.25, -0.2) is 0 Å². The third kappa shape index (κ3) is 4.83. The minimum absolute atomic E-state index is 0.0640. The number of thiophene rings is 1. The molecule has 1 heterocycles. The van der Waals surface area contributed by atoms with Crippen LogP contribution in [0.4, 0.5) is 10.7 Å².